The molecule has 3 fully saturated rings. The van der Waals surface area contributed by atoms with E-state index < -0.39 is 0 Å². The molecule has 2 aliphatic heterocycles. The zero-order valence-electron chi connectivity index (χ0n) is 17.8. The van der Waals surface area contributed by atoms with Gasteiger partial charge in [0.05, 0.1) is 25.0 Å². The molecule has 0 unspecified atom stereocenters. The van der Waals surface area contributed by atoms with Gasteiger partial charge >= 0.3 is 6.09 Å². The highest BCUT2D eigenvalue weighted by atomic mass is 19.1. The zero-order valence-corrected chi connectivity index (χ0v) is 17.8. The quantitative estimate of drug-likeness (QED) is 0.750. The van der Waals surface area contributed by atoms with E-state index in [4.69, 9.17) is 9.47 Å². The molecule has 164 valence electrons. The van der Waals surface area contributed by atoms with Gasteiger partial charge < -0.3 is 14.8 Å². The number of halogens is 1. The Labute approximate surface area is 181 Å². The molecule has 1 saturated carbocycles. The monoisotopic (exact) mass is 425 g/mol. The number of rotatable bonds is 6. The summed E-state index contributed by atoms with van der Waals surface area (Å²) < 4.78 is 25.0. The van der Waals surface area contributed by atoms with Crippen LogP contribution < -0.4 is 10.1 Å². The van der Waals surface area contributed by atoms with Gasteiger partial charge in [-0.1, -0.05) is 0 Å². The lowest BCUT2D eigenvalue weighted by Gasteiger charge is -2.37. The van der Waals surface area contributed by atoms with Crippen molar-refractivity contribution in [3.63, 3.8) is 0 Å². The molecule has 5 rings (SSSR count). The number of piperidine rings is 1. The Morgan fingerprint density at radius 2 is 2.10 bits per heavy atom. The molecule has 1 N–H and O–H groups in total. The van der Waals surface area contributed by atoms with Gasteiger partial charge in [-0.25, -0.2) is 9.18 Å². The van der Waals surface area contributed by atoms with Gasteiger partial charge in [0.2, 0.25) is 0 Å². The van der Waals surface area contributed by atoms with Crippen molar-refractivity contribution in [2.45, 2.75) is 50.7 Å². The molecule has 6 nitrogen and oxygen atoms in total. The summed E-state index contributed by atoms with van der Waals surface area (Å²) in [5.74, 6) is 1.07. The van der Waals surface area contributed by atoms with Gasteiger partial charge in [0, 0.05) is 43.6 Å². The average Bonchev–Trinajstić information content (AvgIpc) is 3.55. The van der Waals surface area contributed by atoms with Crippen molar-refractivity contribution in [1.82, 2.24) is 15.2 Å². The summed E-state index contributed by atoms with van der Waals surface area (Å²) in [6.07, 6.45) is 4.99. The first kappa shape index (κ1) is 20.2. The number of aromatic nitrogens is 1. The lowest BCUT2D eigenvalue weighted by molar-refractivity contribution is -0.00115. The maximum Gasteiger partial charge on any atom is 0.407 e. The number of alkyl carbamates (subject to hydrolysis) is 1. The fraction of sp³-hybridized carbons (Fsp3) is 0.500. The topological polar surface area (TPSA) is 63.7 Å². The van der Waals surface area contributed by atoms with Gasteiger partial charge in [0.25, 0.3) is 0 Å². The van der Waals surface area contributed by atoms with Crippen molar-refractivity contribution in [2.75, 3.05) is 26.2 Å². The summed E-state index contributed by atoms with van der Waals surface area (Å²) in [6, 6.07) is 7.56. The van der Waals surface area contributed by atoms with Crippen molar-refractivity contribution < 1.29 is 18.7 Å². The molecule has 0 radical (unpaired) electrons. The van der Waals surface area contributed by atoms with E-state index in [9.17, 15) is 9.18 Å². The Bertz CT molecular complexity index is 967. The summed E-state index contributed by atoms with van der Waals surface area (Å²) in [5, 5.41) is 2.79. The molecule has 3 aliphatic rings. The van der Waals surface area contributed by atoms with Crippen LogP contribution in [-0.4, -0.2) is 47.8 Å². The second kappa shape index (κ2) is 8.11. The van der Waals surface area contributed by atoms with Gasteiger partial charge in [-0.15, -0.1) is 0 Å². The van der Waals surface area contributed by atoms with Crippen molar-refractivity contribution in [3.8, 4) is 17.0 Å². The summed E-state index contributed by atoms with van der Waals surface area (Å²) in [7, 11) is 0. The van der Waals surface area contributed by atoms with Gasteiger partial charge in [0.1, 0.15) is 17.2 Å². The molecule has 3 heterocycles. The standard InChI is InChI=1S/C24H28FN3O3/c1-2-30-22-12-20(21-6-5-18(25)13-26-21)19(16-3-4-16)11-17(22)14-28-9-7-24(8-10-28)15-27-23(29)31-24/h5-6,11-13,16H,2-4,7-10,14-15H2,1H3,(H,27,29). The lowest BCUT2D eigenvalue weighted by atomic mass is 9.91. The fourth-order valence-corrected chi connectivity index (χ4v) is 4.69. The molecular formula is C24H28FN3O3. The number of nitrogens with one attached hydrogen (secondary N) is 1. The normalized spacial score (nSPS) is 20.5. The first-order chi connectivity index (χ1) is 15.0. The number of nitrogens with zero attached hydrogens (tertiary/aromatic N) is 2. The molecular weight excluding hydrogens is 397 g/mol. The lowest BCUT2D eigenvalue weighted by Crippen LogP contribution is -2.46. The third kappa shape index (κ3) is 4.24. The minimum Gasteiger partial charge on any atom is -0.494 e. The Kier molecular flexibility index (Phi) is 5.30. The van der Waals surface area contributed by atoms with Crippen molar-refractivity contribution in [1.29, 1.82) is 0 Å². The highest BCUT2D eigenvalue weighted by Crippen LogP contribution is 2.46. The summed E-state index contributed by atoms with van der Waals surface area (Å²) in [5.41, 5.74) is 3.93. The first-order valence-corrected chi connectivity index (χ1v) is 11.2. The zero-order chi connectivity index (χ0) is 21.4. The van der Waals surface area contributed by atoms with Gasteiger partial charge in [-0.2, -0.15) is 0 Å². The minimum absolute atomic E-state index is 0.300. The van der Waals surface area contributed by atoms with E-state index in [1.165, 1.54) is 36.2 Å². The minimum atomic E-state index is -0.340. The molecule has 2 aromatic rings. The number of hydrogen-bond donors (Lipinski definition) is 1. The van der Waals surface area contributed by atoms with E-state index in [2.05, 4.69) is 27.3 Å². The number of pyridine rings is 1. The second-order valence-electron chi connectivity index (χ2n) is 8.82. The molecule has 7 heteroatoms. The Balaban J connectivity index is 1.40. The molecule has 1 aliphatic carbocycles. The Hall–Kier alpha value is -2.67. The molecule has 31 heavy (non-hydrogen) atoms. The van der Waals surface area contributed by atoms with Crippen LogP contribution in [0.1, 0.15) is 49.7 Å². The fourth-order valence-electron chi connectivity index (χ4n) is 4.69. The number of hydrogen-bond acceptors (Lipinski definition) is 5. The molecule has 1 aromatic heterocycles. The molecule has 2 saturated heterocycles. The third-order valence-electron chi connectivity index (χ3n) is 6.58. The number of ether oxygens (including phenoxy) is 2. The molecule has 1 amide bonds. The van der Waals surface area contributed by atoms with Crippen LogP contribution in [0.25, 0.3) is 11.3 Å². The SMILES string of the molecule is CCOc1cc(-c2ccc(F)cn2)c(C2CC2)cc1CN1CCC2(CC1)CNC(=O)O2. The Morgan fingerprint density at radius 3 is 2.71 bits per heavy atom. The maximum atomic E-state index is 13.4. The van der Waals surface area contributed by atoms with E-state index in [1.54, 1.807) is 6.07 Å². The highest BCUT2D eigenvalue weighted by Gasteiger charge is 2.42. The summed E-state index contributed by atoms with van der Waals surface area (Å²) in [6.45, 7) is 5.72. The molecule has 0 atom stereocenters. The maximum absolute atomic E-state index is 13.4. The van der Waals surface area contributed by atoms with E-state index >= 15 is 0 Å². The number of likely N-dealkylation sites (tertiary alicyclic amines) is 1. The Morgan fingerprint density at radius 1 is 1.29 bits per heavy atom. The van der Waals surface area contributed by atoms with Crippen molar-refractivity contribution in [2.24, 2.45) is 0 Å². The molecule has 1 aromatic carbocycles. The third-order valence-corrected chi connectivity index (χ3v) is 6.58. The van der Waals surface area contributed by atoms with Crippen LogP contribution in [0, 0.1) is 5.82 Å². The smallest absolute Gasteiger partial charge is 0.407 e. The van der Waals surface area contributed by atoms with E-state index in [0.717, 1.165) is 49.5 Å². The van der Waals surface area contributed by atoms with Crippen LogP contribution in [0.4, 0.5) is 9.18 Å². The van der Waals surface area contributed by atoms with Gasteiger partial charge in [-0.3, -0.25) is 9.88 Å². The van der Waals surface area contributed by atoms with E-state index in [-0.39, 0.29) is 17.5 Å². The predicted octanol–water partition coefficient (Wildman–Crippen LogP) is 4.24. The molecule has 0 bridgehead atoms. The van der Waals surface area contributed by atoms with Crippen LogP contribution in [-0.2, 0) is 11.3 Å². The first-order valence-electron chi connectivity index (χ1n) is 11.2. The van der Waals surface area contributed by atoms with E-state index in [1.807, 2.05) is 6.92 Å². The van der Waals surface area contributed by atoms with Crippen LogP contribution in [0.5, 0.6) is 5.75 Å². The summed E-state index contributed by atoms with van der Waals surface area (Å²) >= 11 is 0. The predicted molar refractivity (Wildman–Crippen MR) is 115 cm³/mol. The summed E-state index contributed by atoms with van der Waals surface area (Å²) in [4.78, 5) is 18.2. The van der Waals surface area contributed by atoms with Crippen LogP contribution in [0.15, 0.2) is 30.5 Å². The van der Waals surface area contributed by atoms with E-state index in [0.29, 0.717) is 19.1 Å². The molecule has 1 spiro atoms. The van der Waals surface area contributed by atoms with Crippen molar-refractivity contribution >= 4 is 6.09 Å². The number of amides is 1. The highest BCUT2D eigenvalue weighted by molar-refractivity contribution is 5.70. The van der Waals surface area contributed by atoms with Gasteiger partial charge in [-0.05, 0) is 55.5 Å². The number of carbonyl (C=O) groups excluding carboxylic acids is 1. The second-order valence-corrected chi connectivity index (χ2v) is 8.82. The largest absolute Gasteiger partial charge is 0.494 e. The van der Waals surface area contributed by atoms with Crippen LogP contribution in [0.3, 0.4) is 0 Å². The van der Waals surface area contributed by atoms with Gasteiger partial charge in [0.15, 0.2) is 0 Å². The average molecular weight is 426 g/mol. The van der Waals surface area contributed by atoms with Crippen LogP contribution >= 0.6 is 0 Å². The number of benzene rings is 1. The number of carbonyl (C=O) groups is 1. The van der Waals surface area contributed by atoms with Crippen LogP contribution in [0.2, 0.25) is 0 Å². The van der Waals surface area contributed by atoms with Crippen molar-refractivity contribution in [3.05, 3.63) is 47.4 Å².